The number of nitrogens with one attached hydrogen (secondary N) is 2. The van der Waals surface area contributed by atoms with Gasteiger partial charge in [-0.3, -0.25) is 9.59 Å². The van der Waals surface area contributed by atoms with E-state index in [-0.39, 0.29) is 41.6 Å². The van der Waals surface area contributed by atoms with Crippen LogP contribution in [0.2, 0.25) is 0 Å². The number of methoxy groups -OCH3 is 1. The topological polar surface area (TPSA) is 72.4 Å². The van der Waals surface area contributed by atoms with Gasteiger partial charge < -0.3 is 19.9 Å². The largest absolute Gasteiger partial charge is 0.379 e. The highest BCUT2D eigenvalue weighted by Gasteiger charge is 2.40. The zero-order valence-corrected chi connectivity index (χ0v) is 19.0. The molecule has 168 valence electrons. The lowest BCUT2D eigenvalue weighted by atomic mass is 9.77. The summed E-state index contributed by atoms with van der Waals surface area (Å²) in [6.07, 6.45) is 4.34. The molecule has 1 amide bonds. The second kappa shape index (κ2) is 10.4. The summed E-state index contributed by atoms with van der Waals surface area (Å²) in [7, 11) is 1.71. The number of halogens is 1. The number of benzene rings is 1. The van der Waals surface area contributed by atoms with Gasteiger partial charge in [0.05, 0.1) is 12.1 Å². The van der Waals surface area contributed by atoms with Crippen LogP contribution in [0.15, 0.2) is 47.4 Å². The molecule has 7 heteroatoms. The summed E-state index contributed by atoms with van der Waals surface area (Å²) in [6, 6.07) is 11.8. The van der Waals surface area contributed by atoms with Crippen LogP contribution in [0.5, 0.6) is 0 Å². The first-order valence-electron chi connectivity index (χ1n) is 10.8. The summed E-state index contributed by atoms with van der Waals surface area (Å²) in [5.74, 6) is 0.876. The third-order valence-electron chi connectivity index (χ3n) is 6.72. The Morgan fingerprint density at radius 2 is 1.87 bits per heavy atom. The lowest BCUT2D eigenvalue weighted by Crippen LogP contribution is -2.51. The molecule has 6 nitrogen and oxygen atoms in total. The Hall–Kier alpha value is -2.15. The second-order valence-corrected chi connectivity index (χ2v) is 8.61. The molecule has 2 N–H and O–H groups in total. The average molecular weight is 446 g/mol. The number of aryl methyl sites for hydroxylation is 3. The second-order valence-electron chi connectivity index (χ2n) is 8.61. The molecule has 1 aliphatic carbocycles. The molecular weight excluding hydrogens is 414 g/mol. The molecule has 1 aliphatic heterocycles. The van der Waals surface area contributed by atoms with Crippen LogP contribution >= 0.6 is 12.4 Å². The van der Waals surface area contributed by atoms with Gasteiger partial charge in [0.15, 0.2) is 0 Å². The van der Waals surface area contributed by atoms with Crippen molar-refractivity contribution >= 4 is 18.3 Å². The fourth-order valence-electron chi connectivity index (χ4n) is 4.94. The number of hydrogen-bond donors (Lipinski definition) is 2. The Labute approximate surface area is 189 Å². The molecule has 0 unspecified atom stereocenters. The van der Waals surface area contributed by atoms with Crippen molar-refractivity contribution in [3.05, 3.63) is 69.6 Å². The maximum atomic E-state index is 13.1. The highest BCUT2D eigenvalue weighted by atomic mass is 35.5. The van der Waals surface area contributed by atoms with Crippen molar-refractivity contribution in [2.45, 2.75) is 44.9 Å². The molecule has 2 aromatic rings. The van der Waals surface area contributed by atoms with Gasteiger partial charge in [-0.25, -0.2) is 0 Å². The molecule has 1 aromatic carbocycles. The number of hydrogen-bond acceptors (Lipinski definition) is 4. The summed E-state index contributed by atoms with van der Waals surface area (Å²) in [5, 5.41) is 6.57. The number of pyridine rings is 1. The molecule has 1 saturated heterocycles. The summed E-state index contributed by atoms with van der Waals surface area (Å²) in [5.41, 5.74) is 1.89. The molecule has 2 heterocycles. The summed E-state index contributed by atoms with van der Waals surface area (Å²) < 4.78 is 7.33. The van der Waals surface area contributed by atoms with E-state index in [4.69, 9.17) is 4.74 Å². The number of fused-ring (bicyclic) bond motifs is 1. The van der Waals surface area contributed by atoms with Gasteiger partial charge in [0.25, 0.3) is 11.5 Å². The maximum Gasteiger partial charge on any atom is 0.263 e. The minimum atomic E-state index is -0.289. The van der Waals surface area contributed by atoms with Crippen molar-refractivity contribution in [3.63, 3.8) is 0 Å². The fourth-order valence-corrected chi connectivity index (χ4v) is 4.94. The first-order valence-corrected chi connectivity index (χ1v) is 10.8. The molecule has 2 fully saturated rings. The first kappa shape index (κ1) is 23.5. The van der Waals surface area contributed by atoms with E-state index in [1.54, 1.807) is 17.9 Å². The Morgan fingerprint density at radius 3 is 2.58 bits per heavy atom. The molecule has 4 rings (SSSR count). The van der Waals surface area contributed by atoms with Crippen LogP contribution in [0.1, 0.15) is 34.3 Å². The average Bonchev–Trinajstić information content (AvgIpc) is 3.20. The van der Waals surface area contributed by atoms with Crippen molar-refractivity contribution in [3.8, 4) is 0 Å². The van der Waals surface area contributed by atoms with Gasteiger partial charge >= 0.3 is 0 Å². The third-order valence-corrected chi connectivity index (χ3v) is 6.72. The van der Waals surface area contributed by atoms with E-state index in [0.717, 1.165) is 32.4 Å². The highest BCUT2D eigenvalue weighted by Crippen LogP contribution is 2.34. The van der Waals surface area contributed by atoms with Crippen LogP contribution in [-0.4, -0.2) is 42.8 Å². The zero-order chi connectivity index (χ0) is 21.1. The van der Waals surface area contributed by atoms with Crippen LogP contribution < -0.4 is 16.2 Å². The van der Waals surface area contributed by atoms with Crippen molar-refractivity contribution in [2.75, 3.05) is 20.2 Å². The van der Waals surface area contributed by atoms with Crippen LogP contribution in [0.4, 0.5) is 0 Å². The van der Waals surface area contributed by atoms with Gasteiger partial charge in [0.1, 0.15) is 5.56 Å². The molecule has 1 saturated carbocycles. The van der Waals surface area contributed by atoms with Gasteiger partial charge in [-0.2, -0.15) is 0 Å². The number of aromatic nitrogens is 1. The highest BCUT2D eigenvalue weighted by molar-refractivity contribution is 5.95. The molecular formula is C24H32ClN3O3. The Balaban J connectivity index is 0.00000272. The van der Waals surface area contributed by atoms with Crippen LogP contribution in [0.25, 0.3) is 0 Å². The lowest BCUT2D eigenvalue weighted by Gasteiger charge is -2.37. The number of ether oxygens (including phenoxy) is 1. The number of carbonyl (C=O) groups is 1. The molecule has 2 aliphatic rings. The van der Waals surface area contributed by atoms with E-state index >= 15 is 0 Å². The predicted octanol–water partition coefficient (Wildman–Crippen LogP) is 2.56. The summed E-state index contributed by atoms with van der Waals surface area (Å²) in [6.45, 7) is 4.38. The van der Waals surface area contributed by atoms with Crippen molar-refractivity contribution in [1.82, 2.24) is 15.2 Å². The smallest absolute Gasteiger partial charge is 0.263 e. The Morgan fingerprint density at radius 1 is 1.16 bits per heavy atom. The quantitative estimate of drug-likeness (QED) is 0.716. The standard InChI is InChI=1S/C24H31N3O3.ClH/c1-16-8-10-27(11-9-17-6-4-3-5-7-17)24(29)22(16)23(28)26-20-12-18-14-25-15-19(18)13-21(20)30-2;/h3-8,10,18-21,25H,9,11-15H2,1-2H3,(H,26,28);1H/t18-,19+,20-,21-;/m0./s1. The monoisotopic (exact) mass is 445 g/mol. The Bertz CT molecular complexity index is 947. The van der Waals surface area contributed by atoms with Crippen LogP contribution in [-0.2, 0) is 17.7 Å². The summed E-state index contributed by atoms with van der Waals surface area (Å²) >= 11 is 0. The molecule has 31 heavy (non-hydrogen) atoms. The normalized spacial score (nSPS) is 24.8. The molecule has 0 bridgehead atoms. The Kier molecular flexibility index (Phi) is 7.92. The summed E-state index contributed by atoms with van der Waals surface area (Å²) in [4.78, 5) is 26.2. The molecule has 4 atom stereocenters. The van der Waals surface area contributed by atoms with E-state index in [1.165, 1.54) is 5.56 Å². The fraction of sp³-hybridized carbons (Fsp3) is 0.500. The van der Waals surface area contributed by atoms with Gasteiger partial charge in [-0.05, 0) is 68.3 Å². The van der Waals surface area contributed by atoms with E-state index in [1.807, 2.05) is 43.3 Å². The molecule has 0 radical (unpaired) electrons. The van der Waals surface area contributed by atoms with Gasteiger partial charge in [0, 0.05) is 19.9 Å². The lowest BCUT2D eigenvalue weighted by molar-refractivity contribution is 0.0125. The SMILES string of the molecule is CO[C@H]1C[C@@H]2CNC[C@@H]2C[C@@H]1NC(=O)c1c(C)ccn(CCc2ccccc2)c1=O.Cl. The predicted molar refractivity (Wildman–Crippen MR) is 124 cm³/mol. The van der Waals surface area contributed by atoms with E-state index in [0.29, 0.717) is 23.9 Å². The van der Waals surface area contributed by atoms with Crippen LogP contribution in [0, 0.1) is 18.8 Å². The van der Waals surface area contributed by atoms with Crippen molar-refractivity contribution < 1.29 is 9.53 Å². The van der Waals surface area contributed by atoms with E-state index < -0.39 is 0 Å². The number of amides is 1. The van der Waals surface area contributed by atoms with Gasteiger partial charge in [-0.1, -0.05) is 30.3 Å². The number of rotatable bonds is 6. The number of nitrogens with zero attached hydrogens (tertiary/aromatic N) is 1. The van der Waals surface area contributed by atoms with Gasteiger partial charge in [0.2, 0.25) is 0 Å². The minimum Gasteiger partial charge on any atom is -0.379 e. The molecule has 0 spiro atoms. The van der Waals surface area contributed by atoms with Crippen molar-refractivity contribution in [2.24, 2.45) is 11.8 Å². The maximum absolute atomic E-state index is 13.1. The number of carbonyl (C=O) groups excluding carboxylic acids is 1. The van der Waals surface area contributed by atoms with Gasteiger partial charge in [-0.15, -0.1) is 12.4 Å². The van der Waals surface area contributed by atoms with E-state index in [2.05, 4.69) is 10.6 Å². The first-order chi connectivity index (χ1) is 14.6. The zero-order valence-electron chi connectivity index (χ0n) is 18.2. The van der Waals surface area contributed by atoms with Crippen molar-refractivity contribution in [1.29, 1.82) is 0 Å². The third kappa shape index (κ3) is 5.20. The van der Waals surface area contributed by atoms with Crippen LogP contribution in [0.3, 0.4) is 0 Å². The van der Waals surface area contributed by atoms with E-state index in [9.17, 15) is 9.59 Å². The minimum absolute atomic E-state index is 0. The molecule has 1 aromatic heterocycles.